The van der Waals surface area contributed by atoms with Crippen molar-refractivity contribution in [2.45, 2.75) is 37.3 Å². The van der Waals surface area contributed by atoms with Crippen LogP contribution in [0.2, 0.25) is 0 Å². The van der Waals surface area contributed by atoms with Crippen LogP contribution in [-0.2, 0) is 25.0 Å². The molecule has 0 bridgehead atoms. The molecule has 0 saturated carbocycles. The van der Waals surface area contributed by atoms with Crippen LogP contribution in [0.1, 0.15) is 5.56 Å². The second-order valence-electron chi connectivity index (χ2n) is 5.46. The Morgan fingerprint density at radius 1 is 1.12 bits per heavy atom. The number of hydrogen-bond donors (Lipinski definition) is 5. The Morgan fingerprint density at radius 3 is 2.42 bits per heavy atom. The Labute approximate surface area is 146 Å². The largest absolute Gasteiger partial charge is 0.472 e. The van der Waals surface area contributed by atoms with Gasteiger partial charge in [-0.1, -0.05) is 12.1 Å². The van der Waals surface area contributed by atoms with Crippen molar-refractivity contribution in [1.29, 1.82) is 0 Å². The minimum atomic E-state index is -4.70. The normalized spacial score (nSPS) is 31.3. The standard InChI is InChI=1S/C13H18NO11P/c15-10-9(25-13(18)12(17)11(10)16)6-24-26(21,22)23-5-7-3-1-2-4-8(7)14(19)20/h1-4,9-13,15-18H,5-6H2,(H,21,22)/t9-,10-,11+,12-,13?/m1/s1. The van der Waals surface area contributed by atoms with Gasteiger partial charge in [0.1, 0.15) is 24.4 Å². The summed E-state index contributed by atoms with van der Waals surface area (Å²) in [6.45, 7) is -1.35. The molecule has 0 aromatic heterocycles. The Bertz CT molecular complexity index is 686. The lowest BCUT2D eigenvalue weighted by atomic mass is 10.00. The number of phosphoric acid groups is 1. The molecule has 0 radical (unpaired) electrons. The lowest BCUT2D eigenvalue weighted by Gasteiger charge is -2.38. The Kier molecular flexibility index (Phi) is 6.80. The predicted octanol–water partition coefficient (Wildman–Crippen LogP) is -0.972. The van der Waals surface area contributed by atoms with Gasteiger partial charge in [0.05, 0.1) is 23.7 Å². The van der Waals surface area contributed by atoms with Gasteiger partial charge in [-0.05, 0) is 6.07 Å². The number of ether oxygens (including phenoxy) is 1. The van der Waals surface area contributed by atoms with Crippen LogP contribution in [0.25, 0.3) is 0 Å². The number of nitro groups is 1. The van der Waals surface area contributed by atoms with Crippen molar-refractivity contribution in [2.24, 2.45) is 0 Å². The first-order valence-corrected chi connectivity index (χ1v) is 8.84. The highest BCUT2D eigenvalue weighted by Crippen LogP contribution is 2.45. The molecule has 1 aromatic carbocycles. The summed E-state index contributed by atoms with van der Waals surface area (Å²) >= 11 is 0. The summed E-state index contributed by atoms with van der Waals surface area (Å²) in [6, 6.07) is 5.43. The average Bonchev–Trinajstić information content (AvgIpc) is 2.60. The highest BCUT2D eigenvalue weighted by Gasteiger charge is 2.43. The van der Waals surface area contributed by atoms with Gasteiger partial charge in [-0.15, -0.1) is 0 Å². The molecule has 5 N–H and O–H groups in total. The molecular formula is C13H18NO11P. The lowest BCUT2D eigenvalue weighted by Crippen LogP contribution is -2.58. The van der Waals surface area contributed by atoms with Gasteiger partial charge in [0.25, 0.3) is 5.69 Å². The van der Waals surface area contributed by atoms with E-state index in [0.717, 1.165) is 0 Å². The number of phosphoric ester groups is 1. The van der Waals surface area contributed by atoms with Crippen molar-refractivity contribution in [3.63, 3.8) is 0 Å². The van der Waals surface area contributed by atoms with Gasteiger partial charge >= 0.3 is 7.82 Å². The van der Waals surface area contributed by atoms with Crippen LogP contribution >= 0.6 is 7.82 Å². The molecule has 146 valence electrons. The number of para-hydroxylation sites is 1. The van der Waals surface area contributed by atoms with E-state index in [4.69, 9.17) is 4.74 Å². The fraction of sp³-hybridized carbons (Fsp3) is 0.538. The maximum atomic E-state index is 11.9. The summed E-state index contributed by atoms with van der Waals surface area (Å²) in [5.74, 6) is 0. The average molecular weight is 395 g/mol. The van der Waals surface area contributed by atoms with E-state index in [1.54, 1.807) is 0 Å². The number of benzene rings is 1. The van der Waals surface area contributed by atoms with E-state index >= 15 is 0 Å². The molecule has 0 aliphatic carbocycles. The van der Waals surface area contributed by atoms with Crippen LogP contribution in [0.15, 0.2) is 24.3 Å². The number of nitro benzene ring substituents is 1. The molecule has 0 amide bonds. The summed E-state index contributed by atoms with van der Waals surface area (Å²) in [6.07, 6.45) is -8.44. The Morgan fingerprint density at radius 2 is 1.77 bits per heavy atom. The van der Waals surface area contributed by atoms with Crippen molar-refractivity contribution in [3.8, 4) is 0 Å². The monoisotopic (exact) mass is 395 g/mol. The van der Waals surface area contributed by atoms with E-state index in [1.165, 1.54) is 24.3 Å². The van der Waals surface area contributed by atoms with E-state index in [1.807, 2.05) is 0 Å². The number of aliphatic hydroxyl groups excluding tert-OH is 4. The van der Waals surface area contributed by atoms with Gasteiger partial charge < -0.3 is 30.1 Å². The zero-order valence-corrected chi connectivity index (χ0v) is 14.1. The summed E-state index contributed by atoms with van der Waals surface area (Å²) in [4.78, 5) is 19.8. The summed E-state index contributed by atoms with van der Waals surface area (Å²) in [5.41, 5.74) is -0.267. The second kappa shape index (κ2) is 8.48. The number of rotatable bonds is 7. The molecule has 13 heteroatoms. The minimum absolute atomic E-state index is 0.0401. The molecule has 6 atom stereocenters. The smallest absolute Gasteiger partial charge is 0.387 e. The van der Waals surface area contributed by atoms with Gasteiger partial charge in [0.2, 0.25) is 0 Å². The number of hydrogen-bond acceptors (Lipinski definition) is 10. The van der Waals surface area contributed by atoms with Gasteiger partial charge in [-0.25, -0.2) is 4.57 Å². The molecule has 1 heterocycles. The third-order valence-electron chi connectivity index (χ3n) is 3.66. The van der Waals surface area contributed by atoms with Crippen LogP contribution in [0.4, 0.5) is 5.69 Å². The second-order valence-corrected chi connectivity index (χ2v) is 6.91. The first kappa shape index (κ1) is 20.8. The summed E-state index contributed by atoms with van der Waals surface area (Å²) in [7, 11) is -4.70. The van der Waals surface area contributed by atoms with Gasteiger partial charge in [0.15, 0.2) is 6.29 Å². The van der Waals surface area contributed by atoms with Crippen molar-refractivity contribution >= 4 is 13.5 Å². The molecule has 0 spiro atoms. The molecule has 1 aliphatic heterocycles. The van der Waals surface area contributed by atoms with Gasteiger partial charge in [-0.3, -0.25) is 19.2 Å². The van der Waals surface area contributed by atoms with Crippen LogP contribution in [0.3, 0.4) is 0 Å². The predicted molar refractivity (Wildman–Crippen MR) is 82.6 cm³/mol. The summed E-state index contributed by atoms with van der Waals surface area (Å²) in [5, 5.41) is 48.8. The zero-order chi connectivity index (χ0) is 19.5. The quantitative estimate of drug-likeness (QED) is 0.217. The molecule has 1 aliphatic rings. The van der Waals surface area contributed by atoms with E-state index in [0.29, 0.717) is 0 Å². The SMILES string of the molecule is O=[N+]([O-])c1ccccc1COP(=O)(O)OC[C@H]1OC(O)[C@H](O)[C@@H](O)[C@@H]1O. The molecule has 26 heavy (non-hydrogen) atoms. The van der Waals surface area contributed by atoms with E-state index in [-0.39, 0.29) is 11.3 Å². The van der Waals surface area contributed by atoms with Crippen molar-refractivity contribution in [2.75, 3.05) is 6.61 Å². The minimum Gasteiger partial charge on any atom is -0.387 e. The lowest BCUT2D eigenvalue weighted by molar-refractivity contribution is -0.385. The first-order chi connectivity index (χ1) is 12.1. The van der Waals surface area contributed by atoms with Gasteiger partial charge in [-0.2, -0.15) is 0 Å². The van der Waals surface area contributed by atoms with Gasteiger partial charge in [0, 0.05) is 6.07 Å². The third-order valence-corrected chi connectivity index (χ3v) is 4.59. The zero-order valence-electron chi connectivity index (χ0n) is 13.2. The fourth-order valence-corrected chi connectivity index (χ4v) is 2.95. The van der Waals surface area contributed by atoms with E-state index in [9.17, 15) is 40.0 Å². The van der Waals surface area contributed by atoms with E-state index in [2.05, 4.69) is 9.05 Å². The first-order valence-electron chi connectivity index (χ1n) is 7.34. The molecule has 1 aromatic rings. The third kappa shape index (κ3) is 5.04. The molecule has 1 fully saturated rings. The van der Waals surface area contributed by atoms with Crippen molar-refractivity contribution in [1.82, 2.24) is 0 Å². The van der Waals surface area contributed by atoms with E-state index < -0.39 is 56.7 Å². The highest BCUT2D eigenvalue weighted by molar-refractivity contribution is 7.47. The number of aliphatic hydroxyl groups is 4. The maximum absolute atomic E-state index is 11.9. The molecular weight excluding hydrogens is 377 g/mol. The highest BCUT2D eigenvalue weighted by atomic mass is 31.2. The molecule has 12 nitrogen and oxygen atoms in total. The topological polar surface area (TPSA) is 189 Å². The number of nitrogens with zero attached hydrogens (tertiary/aromatic N) is 1. The molecule has 2 unspecified atom stereocenters. The Balaban J connectivity index is 1.93. The molecule has 2 rings (SSSR count). The fourth-order valence-electron chi connectivity index (χ4n) is 2.24. The van der Waals surface area contributed by atoms with Crippen molar-refractivity contribution < 1.29 is 48.6 Å². The summed E-state index contributed by atoms with van der Waals surface area (Å²) < 4.78 is 26.0. The Hall–Kier alpha value is -1.47. The van der Waals surface area contributed by atoms with Crippen LogP contribution < -0.4 is 0 Å². The van der Waals surface area contributed by atoms with Crippen LogP contribution in [-0.4, -0.2) is 67.6 Å². The van der Waals surface area contributed by atoms with Crippen LogP contribution in [0, 0.1) is 10.1 Å². The maximum Gasteiger partial charge on any atom is 0.472 e. The van der Waals surface area contributed by atoms with Crippen molar-refractivity contribution in [3.05, 3.63) is 39.9 Å². The molecule has 1 saturated heterocycles. The van der Waals surface area contributed by atoms with Crippen LogP contribution in [0.5, 0.6) is 0 Å².